The lowest BCUT2D eigenvalue weighted by molar-refractivity contribution is -0.130. The van der Waals surface area contributed by atoms with Crippen molar-refractivity contribution in [2.24, 2.45) is 0 Å². The summed E-state index contributed by atoms with van der Waals surface area (Å²) in [4.78, 5) is 14.0. The fraction of sp³-hybridized carbons (Fsp3) is 0.667. The van der Waals surface area contributed by atoms with Crippen LogP contribution in [0.2, 0.25) is 0 Å². The molecule has 1 aliphatic heterocycles. The molecule has 1 unspecified atom stereocenters. The van der Waals surface area contributed by atoms with Gasteiger partial charge in [0, 0.05) is 24.3 Å². The quantitative estimate of drug-likeness (QED) is 0.829. The Balaban J connectivity index is 1.92. The topological polar surface area (TPSA) is 46.3 Å². The summed E-state index contributed by atoms with van der Waals surface area (Å²) in [5.74, 6) is 2.12. The minimum atomic E-state index is 0.238. The first kappa shape index (κ1) is 12.5. The standard InChI is InChI=1S/C12H18N2O2S/c1-8-11(9(2)16-13-8)4-5-12(15)14-6-7-17-10(14)3/h10H,4-7H2,1-3H3. The van der Waals surface area contributed by atoms with Crippen molar-refractivity contribution in [2.75, 3.05) is 12.3 Å². The number of hydrogen-bond acceptors (Lipinski definition) is 4. The number of carbonyl (C=O) groups is 1. The zero-order valence-electron chi connectivity index (χ0n) is 10.5. The molecule has 1 fully saturated rings. The van der Waals surface area contributed by atoms with Gasteiger partial charge >= 0.3 is 0 Å². The van der Waals surface area contributed by atoms with Crippen molar-refractivity contribution < 1.29 is 9.32 Å². The number of thioether (sulfide) groups is 1. The van der Waals surface area contributed by atoms with Crippen molar-refractivity contribution >= 4 is 17.7 Å². The van der Waals surface area contributed by atoms with E-state index in [1.165, 1.54) is 0 Å². The van der Waals surface area contributed by atoms with Crippen molar-refractivity contribution in [3.05, 3.63) is 17.0 Å². The van der Waals surface area contributed by atoms with Crippen molar-refractivity contribution in [1.82, 2.24) is 10.1 Å². The van der Waals surface area contributed by atoms with Crippen molar-refractivity contribution in [2.45, 2.75) is 39.0 Å². The van der Waals surface area contributed by atoms with Crippen LogP contribution >= 0.6 is 11.8 Å². The minimum Gasteiger partial charge on any atom is -0.361 e. The van der Waals surface area contributed by atoms with Crippen LogP contribution in [-0.2, 0) is 11.2 Å². The molecule has 0 N–H and O–H groups in total. The molecule has 2 heterocycles. The van der Waals surface area contributed by atoms with E-state index in [2.05, 4.69) is 12.1 Å². The lowest BCUT2D eigenvalue weighted by Gasteiger charge is -2.20. The molecule has 4 nitrogen and oxygen atoms in total. The number of nitrogens with zero attached hydrogens (tertiary/aromatic N) is 2. The van der Waals surface area contributed by atoms with E-state index < -0.39 is 0 Å². The average molecular weight is 254 g/mol. The molecular formula is C12H18N2O2S. The predicted octanol–water partition coefficient (Wildman–Crippen LogP) is 2.15. The number of hydrogen-bond donors (Lipinski definition) is 0. The Kier molecular flexibility index (Phi) is 3.76. The number of aromatic nitrogens is 1. The first-order valence-corrected chi connectivity index (χ1v) is 6.97. The van der Waals surface area contributed by atoms with E-state index in [4.69, 9.17) is 4.52 Å². The largest absolute Gasteiger partial charge is 0.361 e. The van der Waals surface area contributed by atoms with Gasteiger partial charge in [0.25, 0.3) is 0 Å². The van der Waals surface area contributed by atoms with Gasteiger partial charge in [0.05, 0.1) is 11.1 Å². The molecule has 1 aromatic heterocycles. The van der Waals surface area contributed by atoms with E-state index in [1.807, 2.05) is 30.5 Å². The summed E-state index contributed by atoms with van der Waals surface area (Å²) in [6, 6.07) is 0. The highest BCUT2D eigenvalue weighted by molar-refractivity contribution is 8.00. The Hall–Kier alpha value is -0.970. The zero-order chi connectivity index (χ0) is 12.4. The van der Waals surface area contributed by atoms with Crippen LogP contribution in [0.25, 0.3) is 0 Å². The summed E-state index contributed by atoms with van der Waals surface area (Å²) in [6.07, 6.45) is 1.28. The van der Waals surface area contributed by atoms with Crippen LogP contribution in [0, 0.1) is 13.8 Å². The molecule has 0 saturated carbocycles. The molecule has 0 aliphatic carbocycles. The summed E-state index contributed by atoms with van der Waals surface area (Å²) in [5, 5.41) is 4.23. The summed E-state index contributed by atoms with van der Waals surface area (Å²) < 4.78 is 5.10. The molecule has 1 aliphatic rings. The summed E-state index contributed by atoms with van der Waals surface area (Å²) in [7, 11) is 0. The predicted molar refractivity (Wildman–Crippen MR) is 67.9 cm³/mol. The van der Waals surface area contributed by atoms with Gasteiger partial charge in [-0.3, -0.25) is 4.79 Å². The smallest absolute Gasteiger partial charge is 0.223 e. The normalized spacial score (nSPS) is 19.9. The molecule has 0 radical (unpaired) electrons. The van der Waals surface area contributed by atoms with Crippen LogP contribution in [-0.4, -0.2) is 33.6 Å². The third-order valence-electron chi connectivity index (χ3n) is 3.22. The Labute approximate surface area is 106 Å². The molecule has 0 spiro atoms. The number of amides is 1. The molecule has 1 atom stereocenters. The molecule has 0 bridgehead atoms. The minimum absolute atomic E-state index is 0.238. The number of carbonyl (C=O) groups excluding carboxylic acids is 1. The fourth-order valence-electron chi connectivity index (χ4n) is 2.16. The van der Waals surface area contributed by atoms with Gasteiger partial charge in [-0.2, -0.15) is 0 Å². The summed E-state index contributed by atoms with van der Waals surface area (Å²) >= 11 is 1.84. The van der Waals surface area contributed by atoms with Crippen LogP contribution in [0.1, 0.15) is 30.4 Å². The SMILES string of the molecule is Cc1noc(C)c1CCC(=O)N1CCSC1C. The van der Waals surface area contributed by atoms with Crippen LogP contribution in [0.4, 0.5) is 0 Å². The second-order valence-corrected chi connectivity index (χ2v) is 5.78. The zero-order valence-corrected chi connectivity index (χ0v) is 11.3. The monoisotopic (exact) mass is 254 g/mol. The Morgan fingerprint density at radius 1 is 1.59 bits per heavy atom. The fourth-order valence-corrected chi connectivity index (χ4v) is 3.20. The summed E-state index contributed by atoms with van der Waals surface area (Å²) in [6.45, 7) is 6.79. The van der Waals surface area contributed by atoms with Gasteiger partial charge < -0.3 is 9.42 Å². The molecule has 2 rings (SSSR count). The average Bonchev–Trinajstić information content (AvgIpc) is 2.84. The number of aryl methyl sites for hydroxylation is 2. The lowest BCUT2D eigenvalue weighted by Crippen LogP contribution is -2.33. The van der Waals surface area contributed by atoms with Gasteiger partial charge in [-0.25, -0.2) is 0 Å². The van der Waals surface area contributed by atoms with Crippen molar-refractivity contribution in [1.29, 1.82) is 0 Å². The van der Waals surface area contributed by atoms with Gasteiger partial charge in [0.1, 0.15) is 5.76 Å². The van der Waals surface area contributed by atoms with E-state index >= 15 is 0 Å². The maximum atomic E-state index is 12.0. The highest BCUT2D eigenvalue weighted by Gasteiger charge is 2.25. The van der Waals surface area contributed by atoms with E-state index in [0.29, 0.717) is 11.8 Å². The Morgan fingerprint density at radius 2 is 2.35 bits per heavy atom. The maximum absolute atomic E-state index is 12.0. The van der Waals surface area contributed by atoms with Crippen LogP contribution in [0.3, 0.4) is 0 Å². The number of rotatable bonds is 3. The van der Waals surface area contributed by atoms with E-state index in [-0.39, 0.29) is 5.91 Å². The second-order valence-electron chi connectivity index (χ2n) is 4.36. The van der Waals surface area contributed by atoms with Crippen LogP contribution in [0.5, 0.6) is 0 Å². The highest BCUT2D eigenvalue weighted by atomic mass is 32.2. The Bertz CT molecular complexity index is 397. The van der Waals surface area contributed by atoms with E-state index in [1.54, 1.807) is 0 Å². The molecule has 1 saturated heterocycles. The van der Waals surface area contributed by atoms with E-state index in [9.17, 15) is 4.79 Å². The third-order valence-corrected chi connectivity index (χ3v) is 4.38. The van der Waals surface area contributed by atoms with Crippen LogP contribution < -0.4 is 0 Å². The van der Waals surface area contributed by atoms with Crippen molar-refractivity contribution in [3.63, 3.8) is 0 Å². The molecule has 0 aromatic carbocycles. The summed E-state index contributed by atoms with van der Waals surface area (Å²) in [5.41, 5.74) is 1.98. The molecule has 5 heteroatoms. The first-order valence-electron chi connectivity index (χ1n) is 5.92. The molecular weight excluding hydrogens is 236 g/mol. The van der Waals surface area contributed by atoms with Gasteiger partial charge in [0.15, 0.2) is 0 Å². The van der Waals surface area contributed by atoms with E-state index in [0.717, 1.165) is 35.7 Å². The van der Waals surface area contributed by atoms with Gasteiger partial charge in [0.2, 0.25) is 5.91 Å². The third kappa shape index (κ3) is 2.65. The van der Waals surface area contributed by atoms with Crippen molar-refractivity contribution in [3.8, 4) is 0 Å². The van der Waals surface area contributed by atoms with Crippen LogP contribution in [0.15, 0.2) is 4.52 Å². The molecule has 17 heavy (non-hydrogen) atoms. The molecule has 1 aromatic rings. The lowest BCUT2D eigenvalue weighted by atomic mass is 10.1. The van der Waals surface area contributed by atoms with Gasteiger partial charge in [-0.15, -0.1) is 11.8 Å². The van der Waals surface area contributed by atoms with Gasteiger partial charge in [-0.05, 0) is 27.2 Å². The highest BCUT2D eigenvalue weighted by Crippen LogP contribution is 2.24. The first-order chi connectivity index (χ1) is 8.09. The van der Waals surface area contributed by atoms with Gasteiger partial charge in [-0.1, -0.05) is 5.16 Å². The second kappa shape index (κ2) is 5.12. The Morgan fingerprint density at radius 3 is 2.88 bits per heavy atom. The molecule has 94 valence electrons. The molecule has 1 amide bonds. The maximum Gasteiger partial charge on any atom is 0.223 e.